The Morgan fingerprint density at radius 2 is 2.16 bits per heavy atom. The average Bonchev–Trinajstić information content (AvgIpc) is 3.11. The zero-order valence-electron chi connectivity index (χ0n) is 14.8. The van der Waals surface area contributed by atoms with Crippen LogP contribution in [0.2, 0.25) is 0 Å². The molecular weight excluding hydrogens is 342 g/mol. The minimum Gasteiger partial charge on any atom is -0.493 e. The first-order valence-electron chi connectivity index (χ1n) is 8.30. The largest absolute Gasteiger partial charge is 0.493 e. The van der Waals surface area contributed by atoms with E-state index in [-0.39, 0.29) is 18.1 Å². The van der Waals surface area contributed by atoms with Crippen LogP contribution in [0, 0.1) is 0 Å². The van der Waals surface area contributed by atoms with Crippen molar-refractivity contribution in [3.63, 3.8) is 0 Å². The summed E-state index contributed by atoms with van der Waals surface area (Å²) in [6, 6.07) is 5.00. The lowest BCUT2D eigenvalue weighted by molar-refractivity contribution is 0.0942. The van der Waals surface area contributed by atoms with Gasteiger partial charge >= 0.3 is 0 Å². The van der Waals surface area contributed by atoms with Crippen LogP contribution in [0.5, 0.6) is 11.5 Å². The smallest absolute Gasteiger partial charge is 0.269 e. The topological polar surface area (TPSA) is 80.9 Å². The fraction of sp³-hybridized carbons (Fsp3) is 0.529. The first kappa shape index (κ1) is 19.3. The Bertz CT molecular complexity index is 604. The van der Waals surface area contributed by atoms with Gasteiger partial charge in [-0.1, -0.05) is 0 Å². The molecule has 1 aromatic rings. The number of hydrazine groups is 1. The van der Waals surface area contributed by atoms with E-state index in [9.17, 15) is 4.79 Å². The second kappa shape index (κ2) is 9.43. The number of rotatable bonds is 6. The summed E-state index contributed by atoms with van der Waals surface area (Å²) in [5, 5.41) is 3.36. The van der Waals surface area contributed by atoms with Gasteiger partial charge in [0.05, 0.1) is 19.3 Å². The van der Waals surface area contributed by atoms with Gasteiger partial charge in [-0.3, -0.25) is 15.6 Å². The molecule has 1 aliphatic rings. The third-order valence-corrected chi connectivity index (χ3v) is 3.84. The molecule has 1 saturated heterocycles. The van der Waals surface area contributed by atoms with Gasteiger partial charge in [-0.2, -0.15) is 0 Å². The number of hydrogen-bond acceptors (Lipinski definition) is 5. The number of carbonyl (C=O) groups excluding carboxylic acids is 1. The number of carbonyl (C=O) groups is 1. The van der Waals surface area contributed by atoms with Crippen molar-refractivity contribution in [3.8, 4) is 11.5 Å². The number of amides is 1. The number of nitrogens with one attached hydrogen (secondary N) is 3. The van der Waals surface area contributed by atoms with Crippen LogP contribution < -0.4 is 25.6 Å². The third-order valence-electron chi connectivity index (χ3n) is 3.59. The summed E-state index contributed by atoms with van der Waals surface area (Å²) < 4.78 is 16.4. The van der Waals surface area contributed by atoms with E-state index in [1.54, 1.807) is 18.2 Å². The van der Waals surface area contributed by atoms with Crippen LogP contribution in [-0.2, 0) is 4.74 Å². The molecule has 1 aromatic carbocycles. The van der Waals surface area contributed by atoms with Gasteiger partial charge in [0, 0.05) is 18.7 Å². The quantitative estimate of drug-likeness (QED) is 0.522. The summed E-state index contributed by atoms with van der Waals surface area (Å²) in [6.45, 7) is 5.27. The van der Waals surface area contributed by atoms with Crippen LogP contribution >= 0.6 is 12.2 Å². The number of thiocarbonyl (C=S) groups is 1. The van der Waals surface area contributed by atoms with E-state index in [1.165, 1.54) is 7.11 Å². The average molecular weight is 367 g/mol. The minimum atomic E-state index is -0.323. The monoisotopic (exact) mass is 367 g/mol. The molecule has 1 fully saturated rings. The van der Waals surface area contributed by atoms with Crippen molar-refractivity contribution < 1.29 is 19.0 Å². The summed E-state index contributed by atoms with van der Waals surface area (Å²) in [5.74, 6) is 0.770. The fourth-order valence-electron chi connectivity index (χ4n) is 2.40. The second-order valence-electron chi connectivity index (χ2n) is 5.96. The molecule has 3 N–H and O–H groups in total. The zero-order valence-corrected chi connectivity index (χ0v) is 15.6. The van der Waals surface area contributed by atoms with Crippen molar-refractivity contribution in [2.45, 2.75) is 38.9 Å². The van der Waals surface area contributed by atoms with Crippen LogP contribution in [0.15, 0.2) is 18.2 Å². The summed E-state index contributed by atoms with van der Waals surface area (Å²) in [4.78, 5) is 12.2. The van der Waals surface area contributed by atoms with E-state index in [2.05, 4.69) is 16.2 Å². The van der Waals surface area contributed by atoms with Gasteiger partial charge in [0.15, 0.2) is 16.6 Å². The van der Waals surface area contributed by atoms with Gasteiger partial charge in [-0.25, -0.2) is 0 Å². The maximum absolute atomic E-state index is 12.2. The Morgan fingerprint density at radius 3 is 2.80 bits per heavy atom. The highest BCUT2D eigenvalue weighted by atomic mass is 32.1. The highest BCUT2D eigenvalue weighted by Gasteiger charge is 2.16. The Labute approximate surface area is 153 Å². The SMILES string of the molecule is COc1cc(C(=O)NNC(=S)NC[C@H]2CCCO2)ccc1OC(C)C. The van der Waals surface area contributed by atoms with Crippen molar-refractivity contribution in [1.82, 2.24) is 16.2 Å². The lowest BCUT2D eigenvalue weighted by atomic mass is 10.2. The molecule has 0 aromatic heterocycles. The summed E-state index contributed by atoms with van der Waals surface area (Å²) in [5.41, 5.74) is 5.67. The first-order chi connectivity index (χ1) is 12.0. The molecule has 2 rings (SSSR count). The number of benzene rings is 1. The molecule has 25 heavy (non-hydrogen) atoms. The lowest BCUT2D eigenvalue weighted by Crippen LogP contribution is -2.48. The van der Waals surface area contributed by atoms with Crippen molar-refractivity contribution in [3.05, 3.63) is 23.8 Å². The Hall–Kier alpha value is -2.06. The number of hydrogen-bond donors (Lipinski definition) is 3. The Kier molecular flexibility index (Phi) is 7.27. The van der Waals surface area contributed by atoms with E-state index in [4.69, 9.17) is 26.4 Å². The minimum absolute atomic E-state index is 0.0162. The van der Waals surface area contributed by atoms with Crippen LogP contribution in [0.4, 0.5) is 0 Å². The molecule has 0 saturated carbocycles. The fourth-order valence-corrected chi connectivity index (χ4v) is 2.54. The van der Waals surface area contributed by atoms with Crippen molar-refractivity contribution in [2.75, 3.05) is 20.3 Å². The van der Waals surface area contributed by atoms with E-state index < -0.39 is 0 Å². The van der Waals surface area contributed by atoms with Crippen LogP contribution in [0.1, 0.15) is 37.0 Å². The predicted octanol–water partition coefficient (Wildman–Crippen LogP) is 1.77. The van der Waals surface area contributed by atoms with Gasteiger partial charge in [0.2, 0.25) is 0 Å². The normalized spacial score (nSPS) is 16.4. The van der Waals surface area contributed by atoms with Crippen LogP contribution in [0.25, 0.3) is 0 Å². The lowest BCUT2D eigenvalue weighted by Gasteiger charge is -2.16. The van der Waals surface area contributed by atoms with E-state index in [0.717, 1.165) is 19.4 Å². The molecule has 1 aliphatic heterocycles. The van der Waals surface area contributed by atoms with Crippen molar-refractivity contribution in [2.24, 2.45) is 0 Å². The van der Waals surface area contributed by atoms with Crippen molar-refractivity contribution in [1.29, 1.82) is 0 Å². The van der Waals surface area contributed by atoms with Gasteiger partial charge in [-0.15, -0.1) is 0 Å². The maximum atomic E-state index is 12.2. The number of ether oxygens (including phenoxy) is 3. The standard InChI is InChI=1S/C17H25N3O4S/c1-11(2)24-14-7-6-12(9-15(14)22-3)16(21)19-20-17(25)18-10-13-5-4-8-23-13/h6-7,9,11,13H,4-5,8,10H2,1-3H3,(H,19,21)(H2,18,20,25)/t13-/m1/s1. The summed E-state index contributed by atoms with van der Waals surface area (Å²) in [6.07, 6.45) is 2.28. The molecule has 1 atom stereocenters. The van der Waals surface area contributed by atoms with Gasteiger partial charge in [0.1, 0.15) is 0 Å². The van der Waals surface area contributed by atoms with Crippen molar-refractivity contribution >= 4 is 23.2 Å². The molecule has 0 spiro atoms. The molecule has 138 valence electrons. The Morgan fingerprint density at radius 1 is 1.36 bits per heavy atom. The van der Waals surface area contributed by atoms with Gasteiger partial charge in [-0.05, 0) is 57.1 Å². The molecule has 1 heterocycles. The zero-order chi connectivity index (χ0) is 18.2. The first-order valence-corrected chi connectivity index (χ1v) is 8.71. The molecule has 0 aliphatic carbocycles. The van der Waals surface area contributed by atoms with Gasteiger partial charge in [0.25, 0.3) is 5.91 Å². The third kappa shape index (κ3) is 6.06. The van der Waals surface area contributed by atoms with E-state index in [0.29, 0.717) is 28.7 Å². The second-order valence-corrected chi connectivity index (χ2v) is 6.36. The summed E-state index contributed by atoms with van der Waals surface area (Å²) in [7, 11) is 1.53. The Balaban J connectivity index is 1.84. The molecular formula is C17H25N3O4S. The molecule has 0 bridgehead atoms. The molecule has 7 nitrogen and oxygen atoms in total. The van der Waals surface area contributed by atoms with Gasteiger partial charge < -0.3 is 19.5 Å². The summed E-state index contributed by atoms with van der Waals surface area (Å²) >= 11 is 5.14. The highest BCUT2D eigenvalue weighted by molar-refractivity contribution is 7.80. The predicted molar refractivity (Wildman–Crippen MR) is 98.9 cm³/mol. The molecule has 8 heteroatoms. The molecule has 0 unspecified atom stereocenters. The number of methoxy groups -OCH3 is 1. The maximum Gasteiger partial charge on any atom is 0.269 e. The van der Waals surface area contributed by atoms with Crippen LogP contribution in [0.3, 0.4) is 0 Å². The highest BCUT2D eigenvalue weighted by Crippen LogP contribution is 2.28. The van der Waals surface area contributed by atoms with E-state index >= 15 is 0 Å². The molecule has 0 radical (unpaired) electrons. The molecule has 1 amide bonds. The van der Waals surface area contributed by atoms with Crippen LogP contribution in [-0.4, -0.2) is 43.5 Å². The van der Waals surface area contributed by atoms with E-state index in [1.807, 2.05) is 13.8 Å².